The van der Waals surface area contributed by atoms with Gasteiger partial charge in [-0.2, -0.15) is 0 Å². The van der Waals surface area contributed by atoms with Crippen molar-refractivity contribution >= 4 is 27.3 Å². The smallest absolute Gasteiger partial charge is 0.235 e. The van der Waals surface area contributed by atoms with Gasteiger partial charge >= 0.3 is 0 Å². The van der Waals surface area contributed by atoms with Crippen molar-refractivity contribution in [1.82, 2.24) is 0 Å². The van der Waals surface area contributed by atoms with Crippen LogP contribution in [0.4, 0.5) is 11.4 Å². The molecule has 3 N–H and O–H groups in total. The summed E-state index contributed by atoms with van der Waals surface area (Å²) in [6, 6.07) is 6.85. The van der Waals surface area contributed by atoms with Crippen LogP contribution in [-0.4, -0.2) is 32.7 Å². The van der Waals surface area contributed by atoms with E-state index in [-0.39, 0.29) is 17.7 Å². The van der Waals surface area contributed by atoms with Gasteiger partial charge in [-0.25, -0.2) is 8.42 Å². The third-order valence-electron chi connectivity index (χ3n) is 3.37. The predicted molar refractivity (Wildman–Crippen MR) is 83.7 cm³/mol. The number of benzene rings is 1. The number of anilines is 2. The molecule has 0 spiro atoms. The van der Waals surface area contributed by atoms with Crippen LogP contribution in [0.3, 0.4) is 0 Å². The highest BCUT2D eigenvalue weighted by atomic mass is 32.2. The number of rotatable bonds is 5. The average molecular weight is 311 g/mol. The monoisotopic (exact) mass is 311 g/mol. The summed E-state index contributed by atoms with van der Waals surface area (Å²) in [6.45, 7) is 2.38. The highest BCUT2D eigenvalue weighted by Crippen LogP contribution is 2.25. The summed E-state index contributed by atoms with van der Waals surface area (Å²) in [4.78, 5) is 11.7. The molecule has 0 bridgehead atoms. The van der Waals surface area contributed by atoms with Crippen LogP contribution in [0.25, 0.3) is 0 Å². The molecule has 1 unspecified atom stereocenters. The van der Waals surface area contributed by atoms with Gasteiger partial charge in [-0.05, 0) is 44.0 Å². The lowest BCUT2D eigenvalue weighted by molar-refractivity contribution is -0.116. The maximum atomic E-state index is 11.8. The molecule has 1 atom stereocenters. The minimum atomic E-state index is -3.16. The molecule has 1 saturated heterocycles. The van der Waals surface area contributed by atoms with Crippen molar-refractivity contribution in [3.8, 4) is 0 Å². The van der Waals surface area contributed by atoms with Crippen molar-refractivity contribution in [3.05, 3.63) is 24.3 Å². The molecule has 1 aliphatic heterocycles. The molecular weight excluding hydrogens is 290 g/mol. The zero-order chi connectivity index (χ0) is 15.5. The van der Waals surface area contributed by atoms with Crippen LogP contribution in [0.15, 0.2) is 24.3 Å². The lowest BCUT2D eigenvalue weighted by atomic mass is 10.2. The summed E-state index contributed by atoms with van der Waals surface area (Å²) < 4.78 is 25.0. The SMILES string of the molecule is CC(N)CCC(=O)Nc1ccc(N2CCCS2(=O)=O)cc1. The fourth-order valence-corrected chi connectivity index (χ4v) is 3.79. The zero-order valence-electron chi connectivity index (χ0n) is 12.1. The van der Waals surface area contributed by atoms with Crippen LogP contribution in [0.2, 0.25) is 0 Å². The Morgan fingerprint density at radius 2 is 2.05 bits per heavy atom. The van der Waals surface area contributed by atoms with E-state index in [1.54, 1.807) is 24.3 Å². The molecule has 0 aliphatic carbocycles. The van der Waals surface area contributed by atoms with Gasteiger partial charge in [0.15, 0.2) is 0 Å². The van der Waals surface area contributed by atoms with Gasteiger partial charge in [-0.3, -0.25) is 9.10 Å². The zero-order valence-corrected chi connectivity index (χ0v) is 12.9. The third-order valence-corrected chi connectivity index (χ3v) is 5.23. The van der Waals surface area contributed by atoms with E-state index in [1.807, 2.05) is 6.92 Å². The fourth-order valence-electron chi connectivity index (χ4n) is 2.22. The minimum absolute atomic E-state index is 0.00139. The van der Waals surface area contributed by atoms with E-state index >= 15 is 0 Å². The maximum absolute atomic E-state index is 11.8. The summed E-state index contributed by atoms with van der Waals surface area (Å²) in [7, 11) is -3.16. The molecular formula is C14H21N3O3S. The van der Waals surface area contributed by atoms with Gasteiger partial charge < -0.3 is 11.1 Å². The van der Waals surface area contributed by atoms with E-state index in [9.17, 15) is 13.2 Å². The lowest BCUT2D eigenvalue weighted by Crippen LogP contribution is -2.25. The van der Waals surface area contributed by atoms with Crippen molar-refractivity contribution in [2.45, 2.75) is 32.2 Å². The molecule has 1 heterocycles. The van der Waals surface area contributed by atoms with Gasteiger partial charge in [0.05, 0.1) is 11.4 Å². The summed E-state index contributed by atoms with van der Waals surface area (Å²) in [5.41, 5.74) is 6.90. The molecule has 0 aromatic heterocycles. The van der Waals surface area contributed by atoms with Crippen molar-refractivity contribution in [3.63, 3.8) is 0 Å². The summed E-state index contributed by atoms with van der Waals surface area (Å²) in [5.74, 6) is 0.108. The number of sulfonamides is 1. The Labute approximate surface area is 125 Å². The number of nitrogens with two attached hydrogens (primary N) is 1. The molecule has 116 valence electrons. The summed E-state index contributed by atoms with van der Waals surface area (Å²) in [5, 5.41) is 2.77. The molecule has 0 radical (unpaired) electrons. The molecule has 1 aromatic carbocycles. The van der Waals surface area contributed by atoms with Gasteiger partial charge in [0.2, 0.25) is 15.9 Å². The topological polar surface area (TPSA) is 92.5 Å². The Balaban J connectivity index is 1.98. The van der Waals surface area contributed by atoms with Crippen LogP contribution < -0.4 is 15.4 Å². The number of amides is 1. The second kappa shape index (κ2) is 6.44. The molecule has 1 aromatic rings. The first-order valence-electron chi connectivity index (χ1n) is 7.04. The lowest BCUT2D eigenvalue weighted by Gasteiger charge is -2.17. The first-order valence-corrected chi connectivity index (χ1v) is 8.65. The number of carbonyl (C=O) groups is 1. The second-order valence-electron chi connectivity index (χ2n) is 5.35. The molecule has 1 fully saturated rings. The molecule has 6 nitrogen and oxygen atoms in total. The number of carbonyl (C=O) groups excluding carboxylic acids is 1. The van der Waals surface area contributed by atoms with Crippen molar-refractivity contribution < 1.29 is 13.2 Å². The Hall–Kier alpha value is -1.60. The molecule has 1 amide bonds. The standard InChI is InChI=1S/C14H21N3O3S/c1-11(15)3-8-14(18)16-12-4-6-13(7-5-12)17-9-2-10-21(17,19)20/h4-7,11H,2-3,8-10,15H2,1H3,(H,16,18). The third kappa shape index (κ3) is 4.18. The van der Waals surface area contributed by atoms with Crippen molar-refractivity contribution in [2.75, 3.05) is 21.9 Å². The number of hydrogen-bond acceptors (Lipinski definition) is 4. The van der Waals surface area contributed by atoms with E-state index in [4.69, 9.17) is 5.73 Å². The van der Waals surface area contributed by atoms with Gasteiger partial charge in [0.25, 0.3) is 0 Å². The second-order valence-corrected chi connectivity index (χ2v) is 7.37. The van der Waals surface area contributed by atoms with Crippen LogP contribution in [0.5, 0.6) is 0 Å². The molecule has 2 rings (SSSR count). The largest absolute Gasteiger partial charge is 0.328 e. The number of nitrogens with zero attached hydrogens (tertiary/aromatic N) is 1. The first-order chi connectivity index (χ1) is 9.88. The molecule has 21 heavy (non-hydrogen) atoms. The Morgan fingerprint density at radius 1 is 1.38 bits per heavy atom. The van der Waals surface area contributed by atoms with Crippen LogP contribution >= 0.6 is 0 Å². The number of nitrogens with one attached hydrogen (secondary N) is 1. The minimum Gasteiger partial charge on any atom is -0.328 e. The van der Waals surface area contributed by atoms with Gasteiger partial charge in [0.1, 0.15) is 0 Å². The normalized spacial score (nSPS) is 18.5. The summed E-state index contributed by atoms with van der Waals surface area (Å²) in [6.07, 6.45) is 1.66. The van der Waals surface area contributed by atoms with E-state index < -0.39 is 10.0 Å². The molecule has 1 aliphatic rings. The van der Waals surface area contributed by atoms with Crippen LogP contribution in [-0.2, 0) is 14.8 Å². The van der Waals surface area contributed by atoms with Crippen LogP contribution in [0, 0.1) is 0 Å². The first kappa shape index (κ1) is 15.8. The van der Waals surface area contributed by atoms with Gasteiger partial charge in [0, 0.05) is 24.7 Å². The van der Waals surface area contributed by atoms with E-state index in [1.165, 1.54) is 4.31 Å². The predicted octanol–water partition coefficient (Wildman–Crippen LogP) is 1.29. The highest BCUT2D eigenvalue weighted by molar-refractivity contribution is 7.93. The number of hydrogen-bond donors (Lipinski definition) is 2. The molecule has 0 saturated carbocycles. The fraction of sp³-hybridized carbons (Fsp3) is 0.500. The highest BCUT2D eigenvalue weighted by Gasteiger charge is 2.28. The van der Waals surface area contributed by atoms with Gasteiger partial charge in [-0.15, -0.1) is 0 Å². The average Bonchev–Trinajstić information content (AvgIpc) is 2.77. The van der Waals surface area contributed by atoms with Gasteiger partial charge in [-0.1, -0.05) is 0 Å². The van der Waals surface area contributed by atoms with E-state index in [2.05, 4.69) is 5.32 Å². The Bertz CT molecular complexity index is 596. The van der Waals surface area contributed by atoms with Crippen molar-refractivity contribution in [2.24, 2.45) is 5.73 Å². The summed E-state index contributed by atoms with van der Waals surface area (Å²) >= 11 is 0. The van der Waals surface area contributed by atoms with Crippen molar-refractivity contribution in [1.29, 1.82) is 0 Å². The Morgan fingerprint density at radius 3 is 2.57 bits per heavy atom. The quantitative estimate of drug-likeness (QED) is 0.857. The van der Waals surface area contributed by atoms with E-state index in [0.717, 1.165) is 0 Å². The maximum Gasteiger partial charge on any atom is 0.235 e. The Kier molecular flexibility index (Phi) is 4.84. The molecule has 7 heteroatoms. The van der Waals surface area contributed by atoms with Crippen LogP contribution in [0.1, 0.15) is 26.2 Å². The van der Waals surface area contributed by atoms with E-state index in [0.29, 0.717) is 37.2 Å².